The summed E-state index contributed by atoms with van der Waals surface area (Å²) < 4.78 is 23.0. The Kier molecular flexibility index (Phi) is 8.59. The first-order valence-corrected chi connectivity index (χ1v) is 9.85. The molecule has 2 rings (SSSR count). The highest BCUT2D eigenvalue weighted by Gasteiger charge is 2.28. The monoisotopic (exact) mass is 458 g/mol. The Hall–Kier alpha value is -0.580. The van der Waals surface area contributed by atoms with Gasteiger partial charge in [-0.3, -0.25) is 4.79 Å². The van der Waals surface area contributed by atoms with Gasteiger partial charge >= 0.3 is 0 Å². The quantitative estimate of drug-likeness (QED) is 0.361. The number of aliphatic imine (C=N–C) groups is 1. The first kappa shape index (κ1) is 20.5. The minimum atomic E-state index is -2.92. The number of amides is 1. The van der Waals surface area contributed by atoms with E-state index in [1.165, 1.54) is 6.42 Å². The smallest absolute Gasteiger partial charge is 0.244 e. The van der Waals surface area contributed by atoms with Crippen LogP contribution in [-0.2, 0) is 14.6 Å². The average molecular weight is 458 g/mol. The average Bonchev–Trinajstić information content (AvgIpc) is 2.84. The van der Waals surface area contributed by atoms with E-state index in [9.17, 15) is 13.2 Å². The first-order chi connectivity index (χ1) is 10.5. The van der Waals surface area contributed by atoms with Gasteiger partial charge in [-0.25, -0.2) is 13.4 Å². The molecule has 1 atom stereocenters. The lowest BCUT2D eigenvalue weighted by Crippen LogP contribution is -2.45. The van der Waals surface area contributed by atoms with Crippen molar-refractivity contribution in [2.24, 2.45) is 4.99 Å². The molecule has 2 N–H and O–H groups in total. The van der Waals surface area contributed by atoms with Crippen molar-refractivity contribution in [3.8, 4) is 0 Å². The molecule has 7 nitrogen and oxygen atoms in total. The van der Waals surface area contributed by atoms with Crippen LogP contribution in [0.2, 0.25) is 0 Å². The fourth-order valence-corrected chi connectivity index (χ4v) is 4.49. The Balaban J connectivity index is 0.00000264. The van der Waals surface area contributed by atoms with Crippen molar-refractivity contribution < 1.29 is 13.2 Å². The van der Waals surface area contributed by atoms with Crippen LogP contribution in [0.4, 0.5) is 0 Å². The number of likely N-dealkylation sites (tertiary alicyclic amines) is 1. The number of sulfone groups is 1. The SMILES string of the molecule is CCNC(=NCC(=O)N1CCCCC1)NC1CCS(=O)(=O)C1.I. The maximum atomic E-state index is 12.1. The van der Waals surface area contributed by atoms with Crippen molar-refractivity contribution in [2.75, 3.05) is 37.7 Å². The molecule has 0 aromatic carbocycles. The summed E-state index contributed by atoms with van der Waals surface area (Å²) in [5.74, 6) is 0.916. The third kappa shape index (κ3) is 6.82. The van der Waals surface area contributed by atoms with Gasteiger partial charge < -0.3 is 15.5 Å². The van der Waals surface area contributed by atoms with Crippen LogP contribution in [0.5, 0.6) is 0 Å². The maximum absolute atomic E-state index is 12.1. The van der Waals surface area contributed by atoms with Crippen molar-refractivity contribution in [1.29, 1.82) is 0 Å². The highest BCUT2D eigenvalue weighted by molar-refractivity contribution is 14.0. The molecule has 2 aliphatic heterocycles. The minimum Gasteiger partial charge on any atom is -0.357 e. The number of hydrogen-bond donors (Lipinski definition) is 2. The van der Waals surface area contributed by atoms with Crippen LogP contribution in [0.1, 0.15) is 32.6 Å². The standard InChI is InChI=1S/C14H26N4O3S.HI/c1-2-15-14(17-12-6-9-22(20,21)11-12)16-10-13(19)18-7-4-3-5-8-18;/h12H,2-11H2,1H3,(H2,15,16,17);1H. The summed E-state index contributed by atoms with van der Waals surface area (Å²) in [6.07, 6.45) is 3.90. The van der Waals surface area contributed by atoms with Crippen molar-refractivity contribution in [1.82, 2.24) is 15.5 Å². The second-order valence-electron chi connectivity index (χ2n) is 5.88. The van der Waals surface area contributed by atoms with Crippen LogP contribution >= 0.6 is 24.0 Å². The molecule has 0 bridgehead atoms. The van der Waals surface area contributed by atoms with Crippen LogP contribution in [-0.4, -0.2) is 68.9 Å². The summed E-state index contributed by atoms with van der Waals surface area (Å²) in [5, 5.41) is 6.19. The Morgan fingerprint density at radius 1 is 1.26 bits per heavy atom. The van der Waals surface area contributed by atoms with E-state index >= 15 is 0 Å². The highest BCUT2D eigenvalue weighted by atomic mass is 127. The number of rotatable bonds is 4. The van der Waals surface area contributed by atoms with Crippen LogP contribution < -0.4 is 10.6 Å². The number of halogens is 1. The molecule has 0 aromatic rings. The summed E-state index contributed by atoms with van der Waals surface area (Å²) in [7, 11) is -2.92. The van der Waals surface area contributed by atoms with Gasteiger partial charge in [0.25, 0.3) is 0 Å². The summed E-state index contributed by atoms with van der Waals surface area (Å²) in [4.78, 5) is 18.3. The zero-order chi connectivity index (χ0) is 16.0. The normalized spacial score (nSPS) is 24.0. The number of nitrogens with zero attached hydrogens (tertiary/aromatic N) is 2. The second-order valence-corrected chi connectivity index (χ2v) is 8.11. The van der Waals surface area contributed by atoms with E-state index in [-0.39, 0.29) is 54.0 Å². The predicted molar refractivity (Wildman–Crippen MR) is 102 cm³/mol. The molecule has 1 unspecified atom stereocenters. The van der Waals surface area contributed by atoms with E-state index in [0.717, 1.165) is 25.9 Å². The largest absolute Gasteiger partial charge is 0.357 e. The van der Waals surface area contributed by atoms with Gasteiger partial charge in [0.05, 0.1) is 11.5 Å². The molecule has 2 aliphatic rings. The van der Waals surface area contributed by atoms with E-state index in [1.54, 1.807) is 0 Å². The van der Waals surface area contributed by atoms with Crippen LogP contribution in [0, 0.1) is 0 Å². The topological polar surface area (TPSA) is 90.9 Å². The first-order valence-electron chi connectivity index (χ1n) is 8.03. The number of hydrogen-bond acceptors (Lipinski definition) is 4. The maximum Gasteiger partial charge on any atom is 0.244 e. The van der Waals surface area contributed by atoms with Crippen LogP contribution in [0.15, 0.2) is 4.99 Å². The second kappa shape index (κ2) is 9.65. The molecule has 2 heterocycles. The van der Waals surface area contributed by atoms with E-state index in [1.807, 2.05) is 11.8 Å². The molecule has 2 fully saturated rings. The third-order valence-corrected chi connectivity index (χ3v) is 5.77. The molecule has 0 radical (unpaired) electrons. The molecule has 23 heavy (non-hydrogen) atoms. The highest BCUT2D eigenvalue weighted by Crippen LogP contribution is 2.11. The van der Waals surface area contributed by atoms with E-state index in [0.29, 0.717) is 18.9 Å². The Labute approximate surface area is 155 Å². The molecule has 134 valence electrons. The lowest BCUT2D eigenvalue weighted by atomic mass is 10.1. The molecule has 0 aromatic heterocycles. The lowest BCUT2D eigenvalue weighted by Gasteiger charge is -2.26. The molecular formula is C14H27IN4O3S. The minimum absolute atomic E-state index is 0. The Morgan fingerprint density at radius 3 is 2.52 bits per heavy atom. The van der Waals surface area contributed by atoms with Gasteiger partial charge in [-0.05, 0) is 32.6 Å². The van der Waals surface area contributed by atoms with Crippen LogP contribution in [0.25, 0.3) is 0 Å². The summed E-state index contributed by atoms with van der Waals surface area (Å²) >= 11 is 0. The molecule has 1 amide bonds. The number of nitrogens with one attached hydrogen (secondary N) is 2. The van der Waals surface area contributed by atoms with Crippen molar-refractivity contribution >= 4 is 45.7 Å². The zero-order valence-electron chi connectivity index (χ0n) is 13.6. The Bertz CT molecular complexity index is 518. The predicted octanol–water partition coefficient (Wildman–Crippen LogP) is 0.359. The number of carbonyl (C=O) groups is 1. The number of guanidine groups is 1. The van der Waals surface area contributed by atoms with E-state index in [4.69, 9.17) is 0 Å². The van der Waals surface area contributed by atoms with Crippen molar-refractivity contribution in [3.63, 3.8) is 0 Å². The van der Waals surface area contributed by atoms with Gasteiger partial charge in [0, 0.05) is 25.7 Å². The lowest BCUT2D eigenvalue weighted by molar-refractivity contribution is -0.130. The van der Waals surface area contributed by atoms with Gasteiger partial charge in [0.15, 0.2) is 15.8 Å². The van der Waals surface area contributed by atoms with Crippen LogP contribution in [0.3, 0.4) is 0 Å². The summed E-state index contributed by atoms with van der Waals surface area (Å²) in [6, 6.07) is -0.118. The fraction of sp³-hybridized carbons (Fsp3) is 0.857. The van der Waals surface area contributed by atoms with Gasteiger partial charge in [0.1, 0.15) is 6.54 Å². The Morgan fingerprint density at radius 2 is 1.96 bits per heavy atom. The van der Waals surface area contributed by atoms with Crippen molar-refractivity contribution in [3.05, 3.63) is 0 Å². The summed E-state index contributed by atoms with van der Waals surface area (Å²) in [5.41, 5.74) is 0. The molecule has 9 heteroatoms. The number of carbonyl (C=O) groups excluding carboxylic acids is 1. The van der Waals surface area contributed by atoms with Gasteiger partial charge in [-0.2, -0.15) is 0 Å². The van der Waals surface area contributed by atoms with Gasteiger partial charge in [0.2, 0.25) is 5.91 Å². The molecule has 0 aliphatic carbocycles. The molecule has 0 saturated carbocycles. The van der Waals surface area contributed by atoms with E-state index in [2.05, 4.69) is 15.6 Å². The summed E-state index contributed by atoms with van der Waals surface area (Å²) in [6.45, 7) is 4.35. The third-order valence-electron chi connectivity index (χ3n) is 4.00. The zero-order valence-corrected chi connectivity index (χ0v) is 16.7. The van der Waals surface area contributed by atoms with Crippen molar-refractivity contribution in [2.45, 2.75) is 38.6 Å². The molecule has 0 spiro atoms. The van der Waals surface area contributed by atoms with Gasteiger partial charge in [-0.1, -0.05) is 0 Å². The molecule has 2 saturated heterocycles. The fourth-order valence-electron chi connectivity index (χ4n) is 2.81. The molecular weight excluding hydrogens is 431 g/mol. The number of piperidine rings is 1. The van der Waals surface area contributed by atoms with E-state index < -0.39 is 9.84 Å². The van der Waals surface area contributed by atoms with Gasteiger partial charge in [-0.15, -0.1) is 24.0 Å².